The Kier molecular flexibility index (Phi) is 10.1. The number of carbonyl (C=O) groups is 2. The Morgan fingerprint density at radius 2 is 1.50 bits per heavy atom. The number of halogens is 3. The molecule has 0 saturated heterocycles. The molecule has 0 radical (unpaired) electrons. The summed E-state index contributed by atoms with van der Waals surface area (Å²) in [6.45, 7) is 3.83. The van der Waals surface area contributed by atoms with Gasteiger partial charge < -0.3 is 27.6 Å². The number of hydrogen-bond acceptors (Lipinski definition) is 7. The van der Waals surface area contributed by atoms with Gasteiger partial charge in [-0.1, -0.05) is 59.6 Å². The predicted molar refractivity (Wildman–Crippen MR) is 153 cm³/mol. The highest BCUT2D eigenvalue weighted by atomic mass is 35.5. The molecule has 0 fully saturated rings. The molecule has 0 bridgehead atoms. The third-order valence-corrected chi connectivity index (χ3v) is 8.02. The summed E-state index contributed by atoms with van der Waals surface area (Å²) in [5, 5.41) is 7.82. The van der Waals surface area contributed by atoms with Crippen molar-refractivity contribution in [2.45, 2.75) is 13.8 Å². The van der Waals surface area contributed by atoms with Gasteiger partial charge in [-0.25, -0.2) is 15.0 Å². The molecular formula is C27H23Cl3N2O4S2. The van der Waals surface area contributed by atoms with E-state index in [-0.39, 0.29) is 46.8 Å². The monoisotopic (exact) mass is 608 g/mol. The summed E-state index contributed by atoms with van der Waals surface area (Å²) in [6.07, 6.45) is 1.84. The maximum atomic E-state index is 12.9. The first-order chi connectivity index (χ1) is 17.8. The number of thiophene rings is 1. The standard InChI is InChI=1S/C27H22Cl2N2O4S2.ClH/c1-3-34-26(32)22-20(14-9-5-7-11-16(14)28)18(36-24(22)30)13-19-21(15-10-6-8-12-17(15)29)23(25(31)37-19)27(33)35-4-2;/h5-13,30H,3-4,31H2,1-2H3;1H/b18-13+,30-24?;. The second kappa shape index (κ2) is 12.9. The molecule has 0 unspecified atom stereocenters. The van der Waals surface area contributed by atoms with Crippen LogP contribution in [0.2, 0.25) is 10.0 Å². The van der Waals surface area contributed by atoms with Crippen molar-refractivity contribution in [1.29, 1.82) is 0 Å². The van der Waals surface area contributed by atoms with Crippen molar-refractivity contribution in [1.82, 2.24) is 0 Å². The Morgan fingerprint density at radius 3 is 2.08 bits per heavy atom. The van der Waals surface area contributed by atoms with Crippen LogP contribution in [0.5, 0.6) is 0 Å². The highest BCUT2D eigenvalue weighted by molar-refractivity contribution is 8.18. The van der Waals surface area contributed by atoms with E-state index in [2.05, 4.69) is 0 Å². The molecule has 4 N–H and O–H groups in total. The maximum Gasteiger partial charge on any atom is 0.346 e. The Bertz CT molecular complexity index is 1480. The lowest BCUT2D eigenvalue weighted by molar-refractivity contribution is -0.139. The van der Waals surface area contributed by atoms with E-state index >= 15 is 0 Å². The zero-order chi connectivity index (χ0) is 26.7. The first-order valence-corrected chi connectivity index (χ1v) is 13.7. The second-order valence-electron chi connectivity index (χ2n) is 7.71. The van der Waals surface area contributed by atoms with Gasteiger partial charge in [0.15, 0.2) is 0 Å². The van der Waals surface area contributed by atoms with Crippen LogP contribution in [0.25, 0.3) is 22.8 Å². The third kappa shape index (κ3) is 5.80. The molecule has 1 aliphatic heterocycles. The van der Waals surface area contributed by atoms with Crippen molar-refractivity contribution in [3.8, 4) is 11.1 Å². The summed E-state index contributed by atoms with van der Waals surface area (Å²) >= 11 is 15.5. The van der Waals surface area contributed by atoms with Crippen molar-refractivity contribution >= 4 is 79.9 Å². The van der Waals surface area contributed by atoms with Crippen molar-refractivity contribution in [2.75, 3.05) is 18.9 Å². The number of benzene rings is 2. The maximum absolute atomic E-state index is 12.9. The van der Waals surface area contributed by atoms with Crippen LogP contribution in [0, 0.1) is 0 Å². The SMILES string of the molecule is CCOC(=O)C1=C(c2ccccc2Cl)/C(=C\c2sc(N)c(C(=O)OCC)c2-c2ccccc2Cl)SC1=[NH2+].[Cl-]. The van der Waals surface area contributed by atoms with E-state index in [1.54, 1.807) is 38.1 Å². The molecule has 1 aliphatic rings. The largest absolute Gasteiger partial charge is 1.00 e. The number of esters is 2. The fourth-order valence-corrected chi connectivity index (χ4v) is 6.50. The molecule has 0 aliphatic carbocycles. The van der Waals surface area contributed by atoms with Gasteiger partial charge in [-0.05, 0) is 43.8 Å². The van der Waals surface area contributed by atoms with Gasteiger partial charge in [0.2, 0.25) is 0 Å². The number of thioether (sulfide) groups is 1. The number of anilines is 1. The van der Waals surface area contributed by atoms with Crippen molar-refractivity contribution in [3.05, 3.63) is 85.1 Å². The van der Waals surface area contributed by atoms with Crippen molar-refractivity contribution in [2.24, 2.45) is 0 Å². The number of carbonyl (C=O) groups excluding carboxylic acids is 2. The molecular weight excluding hydrogens is 587 g/mol. The van der Waals surface area contributed by atoms with Gasteiger partial charge in [0.05, 0.1) is 13.2 Å². The summed E-state index contributed by atoms with van der Waals surface area (Å²) in [4.78, 5) is 27.2. The number of nitrogens with two attached hydrogens (primary N) is 2. The molecule has 2 heterocycles. The van der Waals surface area contributed by atoms with Crippen LogP contribution < -0.4 is 23.5 Å². The zero-order valence-corrected chi connectivity index (χ0v) is 24.2. The highest BCUT2D eigenvalue weighted by Crippen LogP contribution is 2.49. The quantitative estimate of drug-likeness (QED) is 0.400. The van der Waals surface area contributed by atoms with E-state index < -0.39 is 11.9 Å². The van der Waals surface area contributed by atoms with Gasteiger partial charge in [-0.2, -0.15) is 0 Å². The highest BCUT2D eigenvalue weighted by Gasteiger charge is 2.38. The summed E-state index contributed by atoms with van der Waals surface area (Å²) in [5.74, 6) is -1.09. The molecule has 6 nitrogen and oxygen atoms in total. The number of nitrogen functional groups attached to an aromatic ring is 1. The van der Waals surface area contributed by atoms with E-state index in [1.807, 2.05) is 30.3 Å². The predicted octanol–water partition coefficient (Wildman–Crippen LogP) is 2.75. The lowest BCUT2D eigenvalue weighted by atomic mass is 9.97. The van der Waals surface area contributed by atoms with E-state index in [4.69, 9.17) is 43.8 Å². The number of allylic oxidation sites excluding steroid dienone is 1. The summed E-state index contributed by atoms with van der Waals surface area (Å²) in [7, 11) is 0. The number of hydrogen-bond donors (Lipinski definition) is 2. The Hall–Kier alpha value is -2.75. The zero-order valence-electron chi connectivity index (χ0n) is 20.3. The van der Waals surface area contributed by atoms with E-state index in [9.17, 15) is 9.59 Å². The van der Waals surface area contributed by atoms with E-state index in [1.165, 1.54) is 23.1 Å². The molecule has 198 valence electrons. The summed E-state index contributed by atoms with van der Waals surface area (Å²) in [6, 6.07) is 14.3. The molecule has 1 aromatic heterocycles. The van der Waals surface area contributed by atoms with Crippen LogP contribution in [0.4, 0.5) is 5.00 Å². The first-order valence-electron chi connectivity index (χ1n) is 11.3. The average molecular weight is 610 g/mol. The molecule has 38 heavy (non-hydrogen) atoms. The fraction of sp³-hybridized carbons (Fsp3) is 0.148. The Morgan fingerprint density at radius 1 is 0.947 bits per heavy atom. The van der Waals surface area contributed by atoms with Crippen LogP contribution in [-0.2, 0) is 14.3 Å². The van der Waals surface area contributed by atoms with Gasteiger partial charge in [0.1, 0.15) is 16.1 Å². The normalized spacial score (nSPS) is 14.0. The van der Waals surface area contributed by atoms with Crippen LogP contribution in [0.15, 0.2) is 59.0 Å². The topological polar surface area (TPSA) is 104 Å². The average Bonchev–Trinajstić information content (AvgIpc) is 3.35. The molecule has 0 saturated carbocycles. The molecule has 11 heteroatoms. The van der Waals surface area contributed by atoms with Gasteiger partial charge >= 0.3 is 11.9 Å². The van der Waals surface area contributed by atoms with Crippen LogP contribution in [0.3, 0.4) is 0 Å². The minimum atomic E-state index is -0.546. The number of ether oxygens (including phenoxy) is 2. The molecule has 0 amide bonds. The Labute approximate surface area is 244 Å². The molecule has 3 aromatic rings. The lowest BCUT2D eigenvalue weighted by Gasteiger charge is -2.11. The summed E-state index contributed by atoms with van der Waals surface area (Å²) in [5.41, 5.74) is 9.16. The molecule has 2 aromatic carbocycles. The first kappa shape index (κ1) is 29.8. The molecule has 0 atom stereocenters. The van der Waals surface area contributed by atoms with Gasteiger partial charge in [0, 0.05) is 42.1 Å². The van der Waals surface area contributed by atoms with Gasteiger partial charge in [-0.3, -0.25) is 0 Å². The lowest BCUT2D eigenvalue weighted by Crippen LogP contribution is -3.00. The third-order valence-electron chi connectivity index (χ3n) is 5.43. The second-order valence-corrected chi connectivity index (χ2v) is 10.7. The van der Waals surface area contributed by atoms with Crippen LogP contribution in [-0.4, -0.2) is 30.2 Å². The van der Waals surface area contributed by atoms with Crippen molar-refractivity contribution < 1.29 is 36.9 Å². The summed E-state index contributed by atoms with van der Waals surface area (Å²) < 4.78 is 10.6. The van der Waals surface area contributed by atoms with Crippen LogP contribution >= 0.6 is 46.3 Å². The van der Waals surface area contributed by atoms with Gasteiger partial charge in [-0.15, -0.1) is 11.3 Å². The molecule has 4 rings (SSSR count). The van der Waals surface area contributed by atoms with Crippen LogP contribution in [0.1, 0.15) is 34.6 Å². The fourth-order valence-electron chi connectivity index (χ4n) is 3.93. The molecule has 0 spiro atoms. The van der Waals surface area contributed by atoms with Gasteiger partial charge in [0.25, 0.3) is 5.04 Å². The van der Waals surface area contributed by atoms with E-state index in [0.717, 1.165) is 0 Å². The Balaban J connectivity index is 0.00000400. The van der Waals surface area contributed by atoms with Crippen molar-refractivity contribution in [3.63, 3.8) is 0 Å². The number of rotatable bonds is 7. The minimum Gasteiger partial charge on any atom is -1.00 e. The smallest absolute Gasteiger partial charge is 0.346 e. The van der Waals surface area contributed by atoms with E-state index in [0.29, 0.717) is 42.1 Å². The minimum absolute atomic E-state index is 0.